The standard InChI is InChI=1S/C19H19N7O2S/c27-17-8-14(10-25(17)13-6-7-13)26-11-15(21-24-26)18(28)20-9-16-22-23-19(29-16)12-4-2-1-3-5-12/h1-5,11,13-14H,6-10H2,(H,20,28)/t14-/m1/s1. The van der Waals surface area contributed by atoms with Gasteiger partial charge in [-0.3, -0.25) is 9.59 Å². The average Bonchev–Trinajstić information content (AvgIpc) is 3.14. The Labute approximate surface area is 170 Å². The third kappa shape index (κ3) is 3.75. The maximum atomic E-state index is 12.4. The van der Waals surface area contributed by atoms with Crippen LogP contribution in [0.2, 0.25) is 0 Å². The Balaban J connectivity index is 1.19. The summed E-state index contributed by atoms with van der Waals surface area (Å²) in [6.07, 6.45) is 4.19. The van der Waals surface area contributed by atoms with Crippen LogP contribution in [0, 0.1) is 0 Å². The van der Waals surface area contributed by atoms with Crippen molar-refractivity contribution < 1.29 is 9.59 Å². The van der Waals surface area contributed by atoms with Crippen molar-refractivity contribution in [2.45, 2.75) is 37.9 Å². The highest BCUT2D eigenvalue weighted by atomic mass is 32.1. The maximum Gasteiger partial charge on any atom is 0.273 e. The highest BCUT2D eigenvalue weighted by Crippen LogP contribution is 2.34. The third-order valence-corrected chi connectivity index (χ3v) is 6.10. The van der Waals surface area contributed by atoms with E-state index in [1.165, 1.54) is 11.3 Å². The zero-order valence-corrected chi connectivity index (χ0v) is 16.4. The van der Waals surface area contributed by atoms with Gasteiger partial charge in [-0.05, 0) is 12.8 Å². The molecule has 9 nitrogen and oxygen atoms in total. The molecular weight excluding hydrogens is 390 g/mol. The second kappa shape index (κ2) is 7.36. The summed E-state index contributed by atoms with van der Waals surface area (Å²) in [5, 5.41) is 20.7. The lowest BCUT2D eigenvalue weighted by Gasteiger charge is -2.14. The Morgan fingerprint density at radius 3 is 2.76 bits per heavy atom. The van der Waals surface area contributed by atoms with Gasteiger partial charge in [0.05, 0.1) is 25.2 Å². The SMILES string of the molecule is O=C(NCc1nnc(-c2ccccc2)s1)c1cn([C@@H]2CC(=O)N(C3CC3)C2)nn1. The number of carbonyl (C=O) groups excluding carboxylic acids is 2. The number of hydrogen-bond acceptors (Lipinski definition) is 7. The second-order valence-electron chi connectivity index (χ2n) is 7.27. The number of benzene rings is 1. The molecule has 1 saturated carbocycles. The van der Waals surface area contributed by atoms with E-state index in [2.05, 4.69) is 25.8 Å². The molecule has 1 aliphatic carbocycles. The number of likely N-dealkylation sites (tertiary alicyclic amines) is 1. The minimum atomic E-state index is -0.323. The van der Waals surface area contributed by atoms with E-state index in [4.69, 9.17) is 0 Å². The van der Waals surface area contributed by atoms with Crippen molar-refractivity contribution in [2.75, 3.05) is 6.54 Å². The van der Waals surface area contributed by atoms with Crippen LogP contribution in [-0.2, 0) is 11.3 Å². The van der Waals surface area contributed by atoms with E-state index in [1.54, 1.807) is 10.9 Å². The Morgan fingerprint density at radius 1 is 1.14 bits per heavy atom. The Bertz CT molecular complexity index is 1040. The zero-order chi connectivity index (χ0) is 19.8. The summed E-state index contributed by atoms with van der Waals surface area (Å²) in [5.74, 6) is -0.166. The van der Waals surface area contributed by atoms with Gasteiger partial charge in [-0.2, -0.15) is 0 Å². The average molecular weight is 409 g/mol. The summed E-state index contributed by atoms with van der Waals surface area (Å²) in [6, 6.07) is 10.1. The van der Waals surface area contributed by atoms with Crippen molar-refractivity contribution in [3.63, 3.8) is 0 Å². The molecule has 0 bridgehead atoms. The van der Waals surface area contributed by atoms with E-state index in [-0.39, 0.29) is 30.1 Å². The first kappa shape index (κ1) is 17.9. The molecule has 148 valence electrons. The molecule has 0 spiro atoms. The first-order valence-electron chi connectivity index (χ1n) is 9.54. The predicted molar refractivity (Wildman–Crippen MR) is 105 cm³/mol. The Kier molecular flexibility index (Phi) is 4.55. The molecule has 2 aliphatic rings. The first-order chi connectivity index (χ1) is 14.2. The molecule has 1 aliphatic heterocycles. The molecule has 0 radical (unpaired) electrons. The van der Waals surface area contributed by atoms with Gasteiger partial charge in [-0.15, -0.1) is 15.3 Å². The molecule has 2 fully saturated rings. The molecule has 0 unspecified atom stereocenters. The van der Waals surface area contributed by atoms with E-state index in [1.807, 2.05) is 35.2 Å². The highest BCUT2D eigenvalue weighted by Gasteiger charge is 2.40. The molecule has 10 heteroatoms. The van der Waals surface area contributed by atoms with Crippen molar-refractivity contribution in [3.8, 4) is 10.6 Å². The molecule has 2 amide bonds. The van der Waals surface area contributed by atoms with Crippen LogP contribution in [0.3, 0.4) is 0 Å². The minimum absolute atomic E-state index is 0.0613. The molecule has 5 rings (SSSR count). The number of carbonyl (C=O) groups is 2. The van der Waals surface area contributed by atoms with Gasteiger partial charge < -0.3 is 10.2 Å². The molecule has 2 aromatic heterocycles. The zero-order valence-electron chi connectivity index (χ0n) is 15.6. The van der Waals surface area contributed by atoms with Crippen LogP contribution in [0.5, 0.6) is 0 Å². The molecule has 1 aromatic carbocycles. The van der Waals surface area contributed by atoms with Gasteiger partial charge in [0.2, 0.25) is 5.91 Å². The minimum Gasteiger partial charge on any atom is -0.344 e. The van der Waals surface area contributed by atoms with E-state index in [0.29, 0.717) is 24.0 Å². The first-order valence-corrected chi connectivity index (χ1v) is 10.4. The van der Waals surface area contributed by atoms with Crippen molar-refractivity contribution >= 4 is 23.2 Å². The highest BCUT2D eigenvalue weighted by molar-refractivity contribution is 7.14. The fraction of sp³-hybridized carbons (Fsp3) is 0.368. The topological polar surface area (TPSA) is 106 Å². The van der Waals surface area contributed by atoms with Crippen molar-refractivity contribution in [2.24, 2.45) is 0 Å². The molecular formula is C19H19N7O2S. The number of rotatable bonds is 6. The number of aromatic nitrogens is 5. The molecule has 29 heavy (non-hydrogen) atoms. The van der Waals surface area contributed by atoms with Gasteiger partial charge in [0.25, 0.3) is 5.91 Å². The quantitative estimate of drug-likeness (QED) is 0.664. The van der Waals surface area contributed by atoms with E-state index in [9.17, 15) is 9.59 Å². The summed E-state index contributed by atoms with van der Waals surface area (Å²) in [6.45, 7) is 0.911. The van der Waals surface area contributed by atoms with Crippen molar-refractivity contribution in [1.82, 2.24) is 35.4 Å². The van der Waals surface area contributed by atoms with Crippen LogP contribution in [0.1, 0.15) is 40.8 Å². The van der Waals surface area contributed by atoms with Crippen LogP contribution in [0.25, 0.3) is 10.6 Å². The molecule has 3 heterocycles. The van der Waals surface area contributed by atoms with Crippen LogP contribution in [-0.4, -0.2) is 54.5 Å². The summed E-state index contributed by atoms with van der Waals surface area (Å²) >= 11 is 1.44. The van der Waals surface area contributed by atoms with Crippen LogP contribution >= 0.6 is 11.3 Å². The second-order valence-corrected chi connectivity index (χ2v) is 8.33. The van der Waals surface area contributed by atoms with Crippen LogP contribution < -0.4 is 5.32 Å². The fourth-order valence-corrected chi connectivity index (χ4v) is 4.24. The largest absolute Gasteiger partial charge is 0.344 e. The predicted octanol–water partition coefficient (Wildman–Crippen LogP) is 1.66. The number of hydrogen-bond donors (Lipinski definition) is 1. The maximum absolute atomic E-state index is 12.4. The molecule has 1 N–H and O–H groups in total. The molecule has 1 saturated heterocycles. The Morgan fingerprint density at radius 2 is 1.97 bits per heavy atom. The van der Waals surface area contributed by atoms with Gasteiger partial charge in [0, 0.05) is 18.2 Å². The van der Waals surface area contributed by atoms with Crippen molar-refractivity contribution in [3.05, 3.63) is 47.2 Å². The van der Waals surface area contributed by atoms with Gasteiger partial charge in [-0.1, -0.05) is 46.9 Å². The van der Waals surface area contributed by atoms with E-state index >= 15 is 0 Å². The van der Waals surface area contributed by atoms with Crippen LogP contribution in [0.15, 0.2) is 36.5 Å². The van der Waals surface area contributed by atoms with E-state index in [0.717, 1.165) is 23.4 Å². The van der Waals surface area contributed by atoms with Crippen molar-refractivity contribution in [1.29, 1.82) is 0 Å². The lowest BCUT2D eigenvalue weighted by Crippen LogP contribution is -2.27. The van der Waals surface area contributed by atoms with Crippen LogP contribution in [0.4, 0.5) is 0 Å². The third-order valence-electron chi connectivity index (χ3n) is 5.13. The van der Waals surface area contributed by atoms with Gasteiger partial charge in [0.1, 0.15) is 10.0 Å². The number of nitrogens with zero attached hydrogens (tertiary/aromatic N) is 6. The summed E-state index contributed by atoms with van der Waals surface area (Å²) in [7, 11) is 0. The smallest absolute Gasteiger partial charge is 0.273 e. The van der Waals surface area contributed by atoms with Gasteiger partial charge in [0.15, 0.2) is 5.69 Å². The van der Waals surface area contributed by atoms with Gasteiger partial charge in [-0.25, -0.2) is 4.68 Å². The number of amides is 2. The van der Waals surface area contributed by atoms with E-state index < -0.39 is 0 Å². The summed E-state index contributed by atoms with van der Waals surface area (Å²) in [4.78, 5) is 26.5. The monoisotopic (exact) mass is 409 g/mol. The Hall–Kier alpha value is -3.14. The number of nitrogens with one attached hydrogen (secondary N) is 1. The summed E-state index contributed by atoms with van der Waals surface area (Å²) < 4.78 is 1.63. The summed E-state index contributed by atoms with van der Waals surface area (Å²) in [5.41, 5.74) is 1.23. The fourth-order valence-electron chi connectivity index (χ4n) is 3.46. The lowest BCUT2D eigenvalue weighted by atomic mass is 10.2. The molecule has 1 atom stereocenters. The van der Waals surface area contributed by atoms with Gasteiger partial charge >= 0.3 is 0 Å². The molecule has 3 aromatic rings. The lowest BCUT2D eigenvalue weighted by molar-refractivity contribution is -0.128. The normalized spacial score (nSPS) is 19.0.